The molecule has 1 N–H and O–H groups in total. The molecule has 2 rings (SSSR count). The molecule has 0 aliphatic rings. The summed E-state index contributed by atoms with van der Waals surface area (Å²) in [6, 6.07) is 5.08. The van der Waals surface area contributed by atoms with Crippen LogP contribution in [0.5, 0.6) is 0 Å². The van der Waals surface area contributed by atoms with Crippen molar-refractivity contribution in [3.8, 4) is 0 Å². The Morgan fingerprint density at radius 3 is 2.79 bits per heavy atom. The van der Waals surface area contributed by atoms with Gasteiger partial charge in [0, 0.05) is 16.6 Å². The predicted octanol–water partition coefficient (Wildman–Crippen LogP) is 3.99. The summed E-state index contributed by atoms with van der Waals surface area (Å²) in [6.45, 7) is 6.89. The molecule has 102 valence electrons. The molecule has 0 aliphatic heterocycles. The fourth-order valence-corrected chi connectivity index (χ4v) is 2.90. The molecule has 4 heteroatoms. The van der Waals surface area contributed by atoms with Crippen LogP contribution >= 0.6 is 11.3 Å². The SMILES string of the molecule is CCCNC(c1nc(C)cs1)c1cc(C)ccc1F. The molecule has 0 amide bonds. The molecule has 0 spiro atoms. The van der Waals surface area contributed by atoms with Crippen LogP contribution in [0, 0.1) is 19.7 Å². The van der Waals surface area contributed by atoms with Crippen molar-refractivity contribution in [1.82, 2.24) is 10.3 Å². The van der Waals surface area contributed by atoms with Gasteiger partial charge in [0.05, 0.1) is 6.04 Å². The number of aromatic nitrogens is 1. The highest BCUT2D eigenvalue weighted by molar-refractivity contribution is 7.09. The summed E-state index contributed by atoms with van der Waals surface area (Å²) in [7, 11) is 0. The Morgan fingerprint density at radius 1 is 1.37 bits per heavy atom. The third-order valence-corrected chi connectivity index (χ3v) is 3.97. The normalized spacial score (nSPS) is 12.6. The van der Waals surface area contributed by atoms with Crippen LogP contribution in [0.4, 0.5) is 4.39 Å². The van der Waals surface area contributed by atoms with E-state index in [0.29, 0.717) is 5.56 Å². The van der Waals surface area contributed by atoms with Gasteiger partial charge < -0.3 is 5.32 Å². The molecule has 0 bridgehead atoms. The van der Waals surface area contributed by atoms with Gasteiger partial charge in [-0.1, -0.05) is 24.6 Å². The Kier molecular flexibility index (Phi) is 4.66. The summed E-state index contributed by atoms with van der Waals surface area (Å²) in [5.41, 5.74) is 2.73. The van der Waals surface area contributed by atoms with Crippen LogP contribution in [0.25, 0.3) is 0 Å². The molecule has 0 aliphatic carbocycles. The zero-order chi connectivity index (χ0) is 13.8. The second-order valence-electron chi connectivity index (χ2n) is 4.74. The van der Waals surface area contributed by atoms with E-state index in [1.54, 1.807) is 17.4 Å². The van der Waals surface area contributed by atoms with Gasteiger partial charge in [-0.25, -0.2) is 9.37 Å². The first-order valence-electron chi connectivity index (χ1n) is 6.53. The highest BCUT2D eigenvalue weighted by atomic mass is 32.1. The van der Waals surface area contributed by atoms with Gasteiger partial charge in [0.1, 0.15) is 10.8 Å². The first-order valence-corrected chi connectivity index (χ1v) is 7.41. The number of halogens is 1. The lowest BCUT2D eigenvalue weighted by Gasteiger charge is -2.18. The molecule has 1 atom stereocenters. The van der Waals surface area contributed by atoms with E-state index in [2.05, 4.69) is 17.2 Å². The summed E-state index contributed by atoms with van der Waals surface area (Å²) in [4.78, 5) is 4.50. The zero-order valence-electron chi connectivity index (χ0n) is 11.5. The molecule has 0 fully saturated rings. The summed E-state index contributed by atoms with van der Waals surface area (Å²) in [5.74, 6) is -0.174. The number of nitrogens with one attached hydrogen (secondary N) is 1. The molecule has 0 saturated carbocycles. The van der Waals surface area contributed by atoms with E-state index in [1.807, 2.05) is 25.3 Å². The van der Waals surface area contributed by atoms with Crippen molar-refractivity contribution in [2.75, 3.05) is 6.54 Å². The Balaban J connectivity index is 2.39. The zero-order valence-corrected chi connectivity index (χ0v) is 12.4. The van der Waals surface area contributed by atoms with Gasteiger partial charge in [0.25, 0.3) is 0 Å². The highest BCUT2D eigenvalue weighted by Gasteiger charge is 2.20. The second kappa shape index (κ2) is 6.26. The monoisotopic (exact) mass is 278 g/mol. The minimum absolute atomic E-state index is 0.154. The summed E-state index contributed by atoms with van der Waals surface area (Å²) >= 11 is 1.58. The van der Waals surface area contributed by atoms with Crippen molar-refractivity contribution in [1.29, 1.82) is 0 Å². The third-order valence-electron chi connectivity index (χ3n) is 2.94. The van der Waals surface area contributed by atoms with E-state index in [0.717, 1.165) is 29.2 Å². The number of benzene rings is 1. The largest absolute Gasteiger partial charge is 0.304 e. The molecule has 2 aromatic rings. The fraction of sp³-hybridized carbons (Fsp3) is 0.400. The van der Waals surface area contributed by atoms with Crippen LogP contribution in [0.2, 0.25) is 0 Å². The summed E-state index contributed by atoms with van der Waals surface area (Å²) in [6.07, 6.45) is 1.01. The molecule has 1 aromatic heterocycles. The second-order valence-corrected chi connectivity index (χ2v) is 5.63. The van der Waals surface area contributed by atoms with Gasteiger partial charge in [0.2, 0.25) is 0 Å². The molecule has 1 unspecified atom stereocenters. The van der Waals surface area contributed by atoms with Crippen molar-refractivity contribution in [2.45, 2.75) is 33.2 Å². The van der Waals surface area contributed by atoms with Crippen LogP contribution in [-0.4, -0.2) is 11.5 Å². The Morgan fingerprint density at radius 2 is 2.16 bits per heavy atom. The number of aryl methyl sites for hydroxylation is 2. The molecule has 2 nitrogen and oxygen atoms in total. The number of hydrogen-bond donors (Lipinski definition) is 1. The van der Waals surface area contributed by atoms with Gasteiger partial charge in [-0.15, -0.1) is 11.3 Å². The van der Waals surface area contributed by atoms with Crippen molar-refractivity contribution in [3.05, 3.63) is 51.2 Å². The lowest BCUT2D eigenvalue weighted by molar-refractivity contribution is 0.544. The standard InChI is InChI=1S/C15H19FN2S/c1-4-7-17-14(15-18-11(3)9-19-15)12-8-10(2)5-6-13(12)16/h5-6,8-9,14,17H,4,7H2,1-3H3. The van der Waals surface area contributed by atoms with Crippen LogP contribution in [0.3, 0.4) is 0 Å². The maximum Gasteiger partial charge on any atom is 0.128 e. The lowest BCUT2D eigenvalue weighted by Crippen LogP contribution is -2.24. The Hall–Kier alpha value is -1.26. The van der Waals surface area contributed by atoms with Crippen LogP contribution < -0.4 is 5.32 Å². The smallest absolute Gasteiger partial charge is 0.128 e. The van der Waals surface area contributed by atoms with Crippen molar-refractivity contribution < 1.29 is 4.39 Å². The molecule has 19 heavy (non-hydrogen) atoms. The van der Waals surface area contributed by atoms with E-state index in [-0.39, 0.29) is 11.9 Å². The quantitative estimate of drug-likeness (QED) is 0.894. The van der Waals surface area contributed by atoms with E-state index < -0.39 is 0 Å². The maximum atomic E-state index is 14.1. The van der Waals surface area contributed by atoms with Crippen LogP contribution in [0.1, 0.15) is 41.2 Å². The number of rotatable bonds is 5. The molecular formula is C15H19FN2S. The van der Waals surface area contributed by atoms with Crippen molar-refractivity contribution in [2.24, 2.45) is 0 Å². The molecular weight excluding hydrogens is 259 g/mol. The number of nitrogens with zero attached hydrogens (tertiary/aromatic N) is 1. The Labute approximate surface area is 117 Å². The third kappa shape index (κ3) is 3.39. The summed E-state index contributed by atoms with van der Waals surface area (Å²) < 4.78 is 14.1. The molecule has 0 radical (unpaired) electrons. The van der Waals surface area contributed by atoms with Crippen LogP contribution in [0.15, 0.2) is 23.6 Å². The molecule has 1 aromatic carbocycles. The predicted molar refractivity (Wildman–Crippen MR) is 78.1 cm³/mol. The van der Waals surface area contributed by atoms with E-state index in [9.17, 15) is 4.39 Å². The molecule has 0 saturated heterocycles. The highest BCUT2D eigenvalue weighted by Crippen LogP contribution is 2.27. The maximum absolute atomic E-state index is 14.1. The first-order chi connectivity index (χ1) is 9.11. The van der Waals surface area contributed by atoms with Crippen LogP contribution in [-0.2, 0) is 0 Å². The average molecular weight is 278 g/mol. The first kappa shape index (κ1) is 14.2. The summed E-state index contributed by atoms with van der Waals surface area (Å²) in [5, 5.41) is 6.32. The van der Waals surface area contributed by atoms with Gasteiger partial charge in [0.15, 0.2) is 0 Å². The minimum Gasteiger partial charge on any atom is -0.304 e. The average Bonchev–Trinajstić information content (AvgIpc) is 2.80. The van der Waals surface area contributed by atoms with Gasteiger partial charge >= 0.3 is 0 Å². The van der Waals surface area contributed by atoms with Gasteiger partial charge in [-0.3, -0.25) is 0 Å². The van der Waals surface area contributed by atoms with E-state index in [4.69, 9.17) is 0 Å². The van der Waals surface area contributed by atoms with Crippen molar-refractivity contribution in [3.63, 3.8) is 0 Å². The van der Waals surface area contributed by atoms with Crippen molar-refractivity contribution >= 4 is 11.3 Å². The van der Waals surface area contributed by atoms with Gasteiger partial charge in [-0.05, 0) is 32.9 Å². The van der Waals surface area contributed by atoms with E-state index >= 15 is 0 Å². The topological polar surface area (TPSA) is 24.9 Å². The lowest BCUT2D eigenvalue weighted by atomic mass is 10.0. The van der Waals surface area contributed by atoms with Gasteiger partial charge in [-0.2, -0.15) is 0 Å². The number of hydrogen-bond acceptors (Lipinski definition) is 3. The molecule has 1 heterocycles. The fourth-order valence-electron chi connectivity index (χ4n) is 2.01. The minimum atomic E-state index is -0.174. The number of thiazole rings is 1. The van der Waals surface area contributed by atoms with E-state index in [1.165, 1.54) is 6.07 Å². The Bertz CT molecular complexity index is 551.